The number of rotatable bonds is 8. The lowest BCUT2D eigenvalue weighted by molar-refractivity contribution is 0.591. The van der Waals surface area contributed by atoms with Crippen molar-refractivity contribution in [1.29, 1.82) is 0 Å². The van der Waals surface area contributed by atoms with Gasteiger partial charge in [0.2, 0.25) is 0 Å². The molecule has 0 aliphatic rings. The second-order valence-electron chi connectivity index (χ2n) is 2.55. The van der Waals surface area contributed by atoms with E-state index < -0.39 is 9.84 Å². The molecule has 0 unspecified atom stereocenters. The predicted octanol–water partition coefficient (Wildman–Crippen LogP) is 0.873. The van der Waals surface area contributed by atoms with E-state index in [4.69, 9.17) is 23.2 Å². The summed E-state index contributed by atoms with van der Waals surface area (Å²) in [6.45, 7) is 0.996. The van der Waals surface area contributed by atoms with E-state index in [1.165, 1.54) is 0 Å². The molecule has 0 aromatic heterocycles. The molecule has 3 nitrogen and oxygen atoms in total. The fourth-order valence-corrected chi connectivity index (χ4v) is 2.38. The maximum Gasteiger partial charge on any atom is 0.152 e. The maximum absolute atomic E-state index is 11.1. The van der Waals surface area contributed by atoms with Crippen molar-refractivity contribution in [3.05, 3.63) is 0 Å². The van der Waals surface area contributed by atoms with Crippen molar-refractivity contribution in [3.8, 4) is 0 Å². The molecule has 0 saturated carbocycles. The Morgan fingerprint density at radius 3 is 2.23 bits per heavy atom. The molecule has 6 heteroatoms. The average molecular weight is 247 g/mol. The Balaban J connectivity index is 3.41. The maximum atomic E-state index is 11.1. The van der Waals surface area contributed by atoms with E-state index in [2.05, 4.69) is 5.32 Å². The first-order chi connectivity index (χ1) is 6.12. The Bertz CT molecular complexity index is 207. The molecule has 0 spiro atoms. The summed E-state index contributed by atoms with van der Waals surface area (Å²) in [4.78, 5) is 0. The molecule has 79 valence electrons. The molecule has 0 fully saturated rings. The van der Waals surface area contributed by atoms with Crippen LogP contribution in [0.2, 0.25) is 0 Å². The van der Waals surface area contributed by atoms with E-state index >= 15 is 0 Å². The third kappa shape index (κ3) is 8.81. The SMILES string of the molecule is O=S(=O)(CCCl)CC[N]CCCCl. The molecule has 1 radical (unpaired) electrons. The molecule has 0 heterocycles. The summed E-state index contributed by atoms with van der Waals surface area (Å²) in [5.41, 5.74) is 0. The lowest BCUT2D eigenvalue weighted by Gasteiger charge is -2.01. The highest BCUT2D eigenvalue weighted by molar-refractivity contribution is 7.91. The molecule has 0 aromatic rings. The van der Waals surface area contributed by atoms with Gasteiger partial charge in [-0.05, 0) is 6.42 Å². The molecule has 0 aliphatic carbocycles. The number of nitrogens with zero attached hydrogens (tertiary/aromatic N) is 1. The number of hydrogen-bond donors (Lipinski definition) is 0. The van der Waals surface area contributed by atoms with Crippen molar-refractivity contribution in [1.82, 2.24) is 5.32 Å². The molecule has 0 N–H and O–H groups in total. The van der Waals surface area contributed by atoms with Gasteiger partial charge in [-0.1, -0.05) is 0 Å². The van der Waals surface area contributed by atoms with Crippen molar-refractivity contribution in [2.75, 3.05) is 36.4 Å². The second kappa shape index (κ2) is 7.85. The first kappa shape index (κ1) is 13.5. The largest absolute Gasteiger partial charge is 0.241 e. The highest BCUT2D eigenvalue weighted by Crippen LogP contribution is 1.91. The third-order valence-electron chi connectivity index (χ3n) is 1.40. The van der Waals surface area contributed by atoms with E-state index in [1.807, 2.05) is 0 Å². The Morgan fingerprint density at radius 1 is 1.00 bits per heavy atom. The molecule has 0 aromatic carbocycles. The van der Waals surface area contributed by atoms with Crippen molar-refractivity contribution >= 4 is 33.0 Å². The van der Waals surface area contributed by atoms with E-state index in [0.717, 1.165) is 6.42 Å². The van der Waals surface area contributed by atoms with Crippen molar-refractivity contribution < 1.29 is 8.42 Å². The number of halogens is 2. The van der Waals surface area contributed by atoms with Crippen LogP contribution in [0, 0.1) is 0 Å². The van der Waals surface area contributed by atoms with Crippen LogP contribution in [0.25, 0.3) is 0 Å². The van der Waals surface area contributed by atoms with Crippen LogP contribution < -0.4 is 5.32 Å². The van der Waals surface area contributed by atoms with Gasteiger partial charge in [0.1, 0.15) is 0 Å². The number of sulfone groups is 1. The molecule has 13 heavy (non-hydrogen) atoms. The molecular formula is C7H14Cl2NO2S. The minimum Gasteiger partial charge on any atom is -0.241 e. The zero-order chi connectivity index (χ0) is 10.2. The zero-order valence-electron chi connectivity index (χ0n) is 7.38. The fourth-order valence-electron chi connectivity index (χ4n) is 0.707. The lowest BCUT2D eigenvalue weighted by atomic mass is 10.5. The highest BCUT2D eigenvalue weighted by atomic mass is 35.5. The van der Waals surface area contributed by atoms with Crippen LogP contribution >= 0.6 is 23.2 Å². The molecule has 0 saturated heterocycles. The van der Waals surface area contributed by atoms with Crippen LogP contribution in [0.15, 0.2) is 0 Å². The van der Waals surface area contributed by atoms with Crippen molar-refractivity contribution in [3.63, 3.8) is 0 Å². The minimum atomic E-state index is -2.98. The van der Waals surface area contributed by atoms with Gasteiger partial charge in [-0.15, -0.1) is 23.2 Å². The summed E-state index contributed by atoms with van der Waals surface area (Å²) in [6, 6.07) is 0. The van der Waals surface area contributed by atoms with Crippen LogP contribution in [0.4, 0.5) is 0 Å². The molecule has 0 rings (SSSR count). The van der Waals surface area contributed by atoms with E-state index in [0.29, 0.717) is 19.0 Å². The van der Waals surface area contributed by atoms with Gasteiger partial charge in [-0.2, -0.15) is 0 Å². The first-order valence-corrected chi connectivity index (χ1v) is 6.97. The van der Waals surface area contributed by atoms with Crippen molar-refractivity contribution in [2.45, 2.75) is 6.42 Å². The number of alkyl halides is 2. The van der Waals surface area contributed by atoms with Crippen molar-refractivity contribution in [2.24, 2.45) is 0 Å². The third-order valence-corrected chi connectivity index (χ3v) is 3.71. The van der Waals surface area contributed by atoms with Crippen LogP contribution in [-0.4, -0.2) is 44.8 Å². The average Bonchev–Trinajstić information content (AvgIpc) is 2.04. The Morgan fingerprint density at radius 2 is 1.69 bits per heavy atom. The van der Waals surface area contributed by atoms with Gasteiger partial charge in [-0.25, -0.2) is 13.7 Å². The number of hydrogen-bond acceptors (Lipinski definition) is 2. The summed E-state index contributed by atoms with van der Waals surface area (Å²) in [6.07, 6.45) is 0.803. The van der Waals surface area contributed by atoms with Gasteiger partial charge in [-0.3, -0.25) is 0 Å². The standard InChI is InChI=1S/C7H14Cl2NO2S/c8-2-1-4-10-5-7-13(11,12)6-3-9/h1-7H2. The summed E-state index contributed by atoms with van der Waals surface area (Å²) < 4.78 is 22.2. The van der Waals surface area contributed by atoms with Gasteiger partial charge in [0.15, 0.2) is 9.84 Å². The fraction of sp³-hybridized carbons (Fsp3) is 1.00. The van der Waals surface area contributed by atoms with Gasteiger partial charge in [0, 0.05) is 24.8 Å². The summed E-state index contributed by atoms with van der Waals surface area (Å²) in [5.74, 6) is 0.865. The van der Waals surface area contributed by atoms with E-state index in [-0.39, 0.29) is 17.4 Å². The van der Waals surface area contributed by atoms with Gasteiger partial charge >= 0.3 is 0 Å². The lowest BCUT2D eigenvalue weighted by Crippen LogP contribution is -2.21. The summed E-state index contributed by atoms with van der Waals surface area (Å²) >= 11 is 10.7. The molecule has 0 aliphatic heterocycles. The van der Waals surface area contributed by atoms with Gasteiger partial charge < -0.3 is 0 Å². The molecule has 0 atom stereocenters. The Labute approximate surface area is 89.7 Å². The topological polar surface area (TPSA) is 48.2 Å². The smallest absolute Gasteiger partial charge is 0.152 e. The van der Waals surface area contributed by atoms with Crippen LogP contribution in [0.3, 0.4) is 0 Å². The monoisotopic (exact) mass is 246 g/mol. The highest BCUT2D eigenvalue weighted by Gasteiger charge is 2.08. The zero-order valence-corrected chi connectivity index (χ0v) is 9.71. The first-order valence-electron chi connectivity index (χ1n) is 4.08. The van der Waals surface area contributed by atoms with Gasteiger partial charge in [0.25, 0.3) is 0 Å². The summed E-state index contributed by atoms with van der Waals surface area (Å²) in [5, 5.41) is 4.02. The van der Waals surface area contributed by atoms with Crippen LogP contribution in [0.5, 0.6) is 0 Å². The Kier molecular flexibility index (Phi) is 8.15. The quantitative estimate of drug-likeness (QED) is 0.472. The summed E-state index contributed by atoms with van der Waals surface area (Å²) in [7, 11) is -2.98. The normalized spacial score (nSPS) is 11.8. The van der Waals surface area contributed by atoms with Gasteiger partial charge in [0.05, 0.1) is 11.5 Å². The second-order valence-corrected chi connectivity index (χ2v) is 5.61. The Hall–Kier alpha value is 0.490. The van der Waals surface area contributed by atoms with E-state index in [9.17, 15) is 8.42 Å². The molecule has 0 amide bonds. The molecular weight excluding hydrogens is 233 g/mol. The van der Waals surface area contributed by atoms with Crippen LogP contribution in [-0.2, 0) is 9.84 Å². The van der Waals surface area contributed by atoms with Crippen LogP contribution in [0.1, 0.15) is 6.42 Å². The predicted molar refractivity (Wildman–Crippen MR) is 56.6 cm³/mol. The minimum absolute atomic E-state index is 0.0413. The molecule has 0 bridgehead atoms. The van der Waals surface area contributed by atoms with E-state index in [1.54, 1.807) is 0 Å².